The summed E-state index contributed by atoms with van der Waals surface area (Å²) in [6.07, 6.45) is 0. The number of fused-ring (bicyclic) bond motifs is 3. The molecule has 9 aromatic rings. The fraction of sp³-hybridized carbons (Fsp3) is 0. The van der Waals surface area contributed by atoms with Crippen LogP contribution >= 0.6 is 0 Å². The molecular weight excluding hydrogens is 597 g/mol. The number of para-hydroxylation sites is 3. The lowest BCUT2D eigenvalue weighted by atomic mass is 9.96. The smallest absolute Gasteiger partial charge is 0.164 e. The molecule has 0 saturated heterocycles. The van der Waals surface area contributed by atoms with Gasteiger partial charge in [0.1, 0.15) is 0 Å². The highest BCUT2D eigenvalue weighted by Gasteiger charge is 2.17. The molecule has 2 heterocycles. The molecular formula is C45H30N4. The van der Waals surface area contributed by atoms with Crippen LogP contribution < -0.4 is 0 Å². The maximum Gasteiger partial charge on any atom is 0.164 e. The van der Waals surface area contributed by atoms with Crippen LogP contribution in [0.5, 0.6) is 0 Å². The van der Waals surface area contributed by atoms with Crippen LogP contribution in [0.1, 0.15) is 0 Å². The summed E-state index contributed by atoms with van der Waals surface area (Å²) in [4.78, 5) is 14.9. The topological polar surface area (TPSA) is 43.6 Å². The van der Waals surface area contributed by atoms with Gasteiger partial charge < -0.3 is 4.57 Å². The first-order valence-corrected chi connectivity index (χ1v) is 16.5. The molecule has 0 amide bonds. The summed E-state index contributed by atoms with van der Waals surface area (Å²) in [5.74, 6) is 1.94. The number of hydrogen-bond acceptors (Lipinski definition) is 3. The Morgan fingerprint density at radius 2 is 0.694 bits per heavy atom. The maximum atomic E-state index is 5.02. The molecule has 0 radical (unpaired) electrons. The van der Waals surface area contributed by atoms with Crippen molar-refractivity contribution in [2.24, 2.45) is 0 Å². The molecule has 7 aromatic carbocycles. The van der Waals surface area contributed by atoms with Crippen molar-refractivity contribution in [3.05, 3.63) is 182 Å². The first-order valence-electron chi connectivity index (χ1n) is 16.5. The number of benzene rings is 7. The second-order valence-corrected chi connectivity index (χ2v) is 12.0. The SMILES string of the molecule is c1ccc(-c2nc(-c3ccccc3)nc(-c3ccccc3-c3ccc(-c4ccccc4-n4c5ccccc5c5ccccc54)cc3)n2)cc1. The van der Waals surface area contributed by atoms with Crippen LogP contribution in [0.3, 0.4) is 0 Å². The van der Waals surface area contributed by atoms with Crippen molar-refractivity contribution >= 4 is 21.8 Å². The fourth-order valence-corrected chi connectivity index (χ4v) is 6.78. The zero-order chi connectivity index (χ0) is 32.6. The molecule has 0 N–H and O–H groups in total. The van der Waals surface area contributed by atoms with Gasteiger partial charge in [-0.05, 0) is 34.9 Å². The Bertz CT molecular complexity index is 2480. The van der Waals surface area contributed by atoms with Crippen molar-refractivity contribution in [2.75, 3.05) is 0 Å². The van der Waals surface area contributed by atoms with Gasteiger partial charge in [-0.3, -0.25) is 0 Å². The standard InChI is InChI=1S/C45H30N4/c1-3-15-33(16-4-1)43-46-44(34-17-5-2-6-18-34)48-45(47-43)39-23-8-7-19-35(39)31-27-29-32(30-28-31)36-20-9-12-24-40(36)49-41-25-13-10-21-37(41)38-22-11-14-26-42(38)49/h1-30H. The van der Waals surface area contributed by atoms with Gasteiger partial charge in [0.05, 0.1) is 16.7 Å². The van der Waals surface area contributed by atoms with Crippen LogP contribution in [0.15, 0.2) is 182 Å². The molecule has 0 unspecified atom stereocenters. The van der Waals surface area contributed by atoms with E-state index in [1.54, 1.807) is 0 Å². The molecule has 9 rings (SSSR count). The van der Waals surface area contributed by atoms with Gasteiger partial charge in [-0.15, -0.1) is 0 Å². The Kier molecular flexibility index (Phi) is 7.10. The molecule has 0 aliphatic carbocycles. The third-order valence-electron chi connectivity index (χ3n) is 9.10. The van der Waals surface area contributed by atoms with Crippen LogP contribution in [0.2, 0.25) is 0 Å². The summed E-state index contributed by atoms with van der Waals surface area (Å²) in [5, 5.41) is 2.51. The Morgan fingerprint density at radius 1 is 0.286 bits per heavy atom. The summed E-state index contributed by atoms with van der Waals surface area (Å²) in [7, 11) is 0. The summed E-state index contributed by atoms with van der Waals surface area (Å²) in [5.41, 5.74) is 10.9. The molecule has 4 heteroatoms. The minimum Gasteiger partial charge on any atom is -0.309 e. The van der Waals surface area contributed by atoms with E-state index >= 15 is 0 Å². The summed E-state index contributed by atoms with van der Waals surface area (Å²) in [6.45, 7) is 0. The van der Waals surface area contributed by atoms with Gasteiger partial charge >= 0.3 is 0 Å². The average molecular weight is 627 g/mol. The molecule has 0 aliphatic rings. The third kappa shape index (κ3) is 5.16. The number of nitrogens with zero attached hydrogens (tertiary/aromatic N) is 4. The monoisotopic (exact) mass is 626 g/mol. The first-order chi connectivity index (χ1) is 24.3. The van der Waals surface area contributed by atoms with Crippen LogP contribution in [0, 0.1) is 0 Å². The molecule has 0 atom stereocenters. The maximum absolute atomic E-state index is 5.02. The second-order valence-electron chi connectivity index (χ2n) is 12.0. The minimum absolute atomic E-state index is 0.643. The summed E-state index contributed by atoms with van der Waals surface area (Å²) >= 11 is 0. The molecule has 0 fully saturated rings. The van der Waals surface area contributed by atoms with Crippen LogP contribution in [0.25, 0.3) is 83.9 Å². The lowest BCUT2D eigenvalue weighted by molar-refractivity contribution is 1.07. The van der Waals surface area contributed by atoms with Crippen molar-refractivity contribution in [3.8, 4) is 62.1 Å². The Morgan fingerprint density at radius 3 is 1.27 bits per heavy atom. The van der Waals surface area contributed by atoms with E-state index < -0.39 is 0 Å². The highest BCUT2D eigenvalue weighted by molar-refractivity contribution is 6.09. The molecule has 0 saturated carbocycles. The van der Waals surface area contributed by atoms with E-state index in [-0.39, 0.29) is 0 Å². The third-order valence-corrected chi connectivity index (χ3v) is 9.10. The van der Waals surface area contributed by atoms with E-state index in [9.17, 15) is 0 Å². The van der Waals surface area contributed by atoms with Gasteiger partial charge in [0, 0.05) is 33.0 Å². The first kappa shape index (κ1) is 28.6. The van der Waals surface area contributed by atoms with E-state index in [0.29, 0.717) is 17.5 Å². The quantitative estimate of drug-likeness (QED) is 0.184. The van der Waals surface area contributed by atoms with Crippen molar-refractivity contribution < 1.29 is 0 Å². The molecule has 4 nitrogen and oxygen atoms in total. The zero-order valence-corrected chi connectivity index (χ0v) is 26.6. The van der Waals surface area contributed by atoms with Crippen molar-refractivity contribution in [1.29, 1.82) is 0 Å². The van der Waals surface area contributed by atoms with Crippen LogP contribution in [-0.4, -0.2) is 19.5 Å². The van der Waals surface area contributed by atoms with Crippen molar-refractivity contribution in [1.82, 2.24) is 19.5 Å². The van der Waals surface area contributed by atoms with Gasteiger partial charge in [0.25, 0.3) is 0 Å². The normalized spacial score (nSPS) is 11.3. The van der Waals surface area contributed by atoms with E-state index in [4.69, 9.17) is 15.0 Å². The van der Waals surface area contributed by atoms with Crippen molar-refractivity contribution in [2.45, 2.75) is 0 Å². The Labute approximate surface area is 284 Å². The van der Waals surface area contributed by atoms with Gasteiger partial charge in [0.2, 0.25) is 0 Å². The van der Waals surface area contributed by atoms with E-state index in [0.717, 1.165) is 39.1 Å². The van der Waals surface area contributed by atoms with E-state index in [1.807, 2.05) is 66.7 Å². The highest BCUT2D eigenvalue weighted by Crippen LogP contribution is 2.38. The summed E-state index contributed by atoms with van der Waals surface area (Å²) in [6, 6.07) is 63.4. The highest BCUT2D eigenvalue weighted by atomic mass is 15.0. The van der Waals surface area contributed by atoms with Gasteiger partial charge in [-0.1, -0.05) is 164 Å². The van der Waals surface area contributed by atoms with Crippen LogP contribution in [-0.2, 0) is 0 Å². The average Bonchev–Trinajstić information content (AvgIpc) is 3.53. The van der Waals surface area contributed by atoms with E-state index in [2.05, 4.69) is 120 Å². The minimum atomic E-state index is 0.643. The zero-order valence-electron chi connectivity index (χ0n) is 26.6. The lowest BCUT2D eigenvalue weighted by Crippen LogP contribution is -2.01. The molecule has 0 aliphatic heterocycles. The predicted octanol–water partition coefficient (Wildman–Crippen LogP) is 11.3. The van der Waals surface area contributed by atoms with Crippen molar-refractivity contribution in [3.63, 3.8) is 0 Å². The van der Waals surface area contributed by atoms with Gasteiger partial charge in [-0.25, -0.2) is 15.0 Å². The Hall–Kier alpha value is -6.65. The molecule has 49 heavy (non-hydrogen) atoms. The summed E-state index contributed by atoms with van der Waals surface area (Å²) < 4.78 is 2.39. The second kappa shape index (κ2) is 12.2. The van der Waals surface area contributed by atoms with E-state index in [1.165, 1.54) is 27.4 Å². The predicted molar refractivity (Wildman–Crippen MR) is 201 cm³/mol. The fourth-order valence-electron chi connectivity index (χ4n) is 6.78. The number of hydrogen-bond donors (Lipinski definition) is 0. The number of rotatable bonds is 6. The molecule has 0 bridgehead atoms. The Balaban J connectivity index is 1.15. The molecule has 2 aromatic heterocycles. The van der Waals surface area contributed by atoms with Gasteiger partial charge in [0.15, 0.2) is 17.5 Å². The van der Waals surface area contributed by atoms with Gasteiger partial charge in [-0.2, -0.15) is 0 Å². The van der Waals surface area contributed by atoms with Crippen LogP contribution in [0.4, 0.5) is 0 Å². The lowest BCUT2D eigenvalue weighted by Gasteiger charge is -2.15. The molecule has 0 spiro atoms. The largest absolute Gasteiger partial charge is 0.309 e. The molecule has 230 valence electrons. The number of aromatic nitrogens is 4.